The average molecular weight is 255 g/mol. The zero-order valence-electron chi connectivity index (χ0n) is 11.0. The first-order valence-corrected chi connectivity index (χ1v) is 6.35. The maximum atomic E-state index is 12.6. The number of carbonyl (C=O) groups is 2. The zero-order valence-corrected chi connectivity index (χ0v) is 11.0. The molecule has 2 amide bonds. The fourth-order valence-electron chi connectivity index (χ4n) is 2.47. The molecule has 0 aliphatic carbocycles. The van der Waals surface area contributed by atoms with Crippen molar-refractivity contribution in [3.05, 3.63) is 0 Å². The smallest absolute Gasteiger partial charge is 0.245 e. The highest BCUT2D eigenvalue weighted by atomic mass is 16.5. The minimum Gasteiger partial charge on any atom is -0.381 e. The SMILES string of the molecule is CC1(C)C(=O)NCCN1C(=O)C1(N)CCOCC1. The minimum absolute atomic E-state index is 0.127. The lowest BCUT2D eigenvalue weighted by Gasteiger charge is -2.46. The Hall–Kier alpha value is -1.14. The van der Waals surface area contributed by atoms with E-state index in [4.69, 9.17) is 10.5 Å². The Kier molecular flexibility index (Phi) is 3.33. The van der Waals surface area contributed by atoms with Gasteiger partial charge in [0.2, 0.25) is 11.8 Å². The summed E-state index contributed by atoms with van der Waals surface area (Å²) in [6.45, 7) is 5.51. The second-order valence-electron chi connectivity index (χ2n) is 5.54. The van der Waals surface area contributed by atoms with Gasteiger partial charge in [-0.05, 0) is 26.7 Å². The Balaban J connectivity index is 2.19. The van der Waals surface area contributed by atoms with Crippen LogP contribution in [-0.4, -0.2) is 54.1 Å². The van der Waals surface area contributed by atoms with Gasteiger partial charge in [-0.1, -0.05) is 0 Å². The monoisotopic (exact) mass is 255 g/mol. The van der Waals surface area contributed by atoms with Crippen molar-refractivity contribution in [3.63, 3.8) is 0 Å². The minimum atomic E-state index is -0.882. The van der Waals surface area contributed by atoms with Crippen molar-refractivity contribution >= 4 is 11.8 Å². The molecule has 2 aliphatic rings. The van der Waals surface area contributed by atoms with Gasteiger partial charge in [0.1, 0.15) is 5.54 Å². The molecule has 6 nitrogen and oxygen atoms in total. The molecule has 0 aromatic carbocycles. The highest BCUT2D eigenvalue weighted by Crippen LogP contribution is 2.26. The van der Waals surface area contributed by atoms with Gasteiger partial charge in [-0.2, -0.15) is 0 Å². The molecule has 0 aromatic rings. The fourth-order valence-corrected chi connectivity index (χ4v) is 2.47. The molecule has 18 heavy (non-hydrogen) atoms. The summed E-state index contributed by atoms with van der Waals surface area (Å²) in [5.74, 6) is -0.261. The molecule has 3 N–H and O–H groups in total. The second kappa shape index (κ2) is 4.51. The number of amides is 2. The van der Waals surface area contributed by atoms with Crippen molar-refractivity contribution in [2.45, 2.75) is 37.8 Å². The third-order valence-electron chi connectivity index (χ3n) is 3.91. The van der Waals surface area contributed by atoms with Gasteiger partial charge >= 0.3 is 0 Å². The van der Waals surface area contributed by atoms with Gasteiger partial charge in [-0.25, -0.2) is 0 Å². The first kappa shape index (κ1) is 13.3. The first-order valence-electron chi connectivity index (χ1n) is 6.35. The maximum Gasteiger partial charge on any atom is 0.245 e. The Labute approximate surface area is 107 Å². The number of piperazine rings is 1. The van der Waals surface area contributed by atoms with Crippen LogP contribution in [0.5, 0.6) is 0 Å². The Morgan fingerprint density at radius 1 is 1.39 bits per heavy atom. The van der Waals surface area contributed by atoms with Crippen LogP contribution in [0.15, 0.2) is 0 Å². The Morgan fingerprint density at radius 3 is 2.61 bits per heavy atom. The number of carbonyl (C=O) groups excluding carboxylic acids is 2. The lowest BCUT2D eigenvalue weighted by molar-refractivity contribution is -0.155. The van der Waals surface area contributed by atoms with E-state index in [2.05, 4.69) is 5.32 Å². The molecule has 0 unspecified atom stereocenters. The molecule has 2 aliphatic heterocycles. The highest BCUT2D eigenvalue weighted by molar-refractivity contribution is 5.95. The van der Waals surface area contributed by atoms with Crippen LogP contribution in [0.25, 0.3) is 0 Å². The molecule has 0 radical (unpaired) electrons. The van der Waals surface area contributed by atoms with Crippen molar-refractivity contribution in [1.29, 1.82) is 0 Å². The lowest BCUT2D eigenvalue weighted by Crippen LogP contribution is -2.69. The van der Waals surface area contributed by atoms with E-state index in [1.54, 1.807) is 18.7 Å². The predicted molar refractivity (Wildman–Crippen MR) is 65.8 cm³/mol. The normalized spacial score (nSPS) is 26.6. The molecule has 2 heterocycles. The molecule has 2 saturated heterocycles. The second-order valence-corrected chi connectivity index (χ2v) is 5.54. The largest absolute Gasteiger partial charge is 0.381 e. The number of nitrogens with two attached hydrogens (primary N) is 1. The molecular weight excluding hydrogens is 234 g/mol. The average Bonchev–Trinajstić information content (AvgIpc) is 2.33. The van der Waals surface area contributed by atoms with E-state index < -0.39 is 11.1 Å². The van der Waals surface area contributed by atoms with E-state index in [0.29, 0.717) is 39.1 Å². The summed E-state index contributed by atoms with van der Waals surface area (Å²) < 4.78 is 5.25. The van der Waals surface area contributed by atoms with E-state index >= 15 is 0 Å². The number of rotatable bonds is 1. The van der Waals surface area contributed by atoms with Gasteiger partial charge in [-0.3, -0.25) is 9.59 Å². The summed E-state index contributed by atoms with van der Waals surface area (Å²) in [5.41, 5.74) is 4.48. The molecule has 0 atom stereocenters. The van der Waals surface area contributed by atoms with Crippen LogP contribution in [0.4, 0.5) is 0 Å². The van der Waals surface area contributed by atoms with Crippen molar-refractivity contribution in [3.8, 4) is 0 Å². The summed E-state index contributed by atoms with van der Waals surface area (Å²) >= 11 is 0. The van der Waals surface area contributed by atoms with Gasteiger partial charge in [0.15, 0.2) is 0 Å². The Morgan fingerprint density at radius 2 is 2.00 bits per heavy atom. The highest BCUT2D eigenvalue weighted by Gasteiger charge is 2.47. The summed E-state index contributed by atoms with van der Waals surface area (Å²) in [6.07, 6.45) is 1.03. The number of ether oxygens (including phenoxy) is 1. The Bertz CT molecular complexity index is 362. The third-order valence-corrected chi connectivity index (χ3v) is 3.91. The standard InChI is InChI=1S/C12H21N3O3/c1-11(2)9(16)14-5-6-15(11)10(17)12(13)3-7-18-8-4-12/h3-8,13H2,1-2H3,(H,14,16). The van der Waals surface area contributed by atoms with E-state index in [0.717, 1.165) is 0 Å². The van der Waals surface area contributed by atoms with Crippen molar-refractivity contribution < 1.29 is 14.3 Å². The summed E-state index contributed by atoms with van der Waals surface area (Å²) in [6, 6.07) is 0. The van der Waals surface area contributed by atoms with Crippen LogP contribution in [0, 0.1) is 0 Å². The van der Waals surface area contributed by atoms with Crippen molar-refractivity contribution in [2.75, 3.05) is 26.3 Å². The molecule has 6 heteroatoms. The molecule has 0 bridgehead atoms. The van der Waals surface area contributed by atoms with Gasteiger partial charge in [0, 0.05) is 26.3 Å². The predicted octanol–water partition coefficient (Wildman–Crippen LogP) is -0.769. The van der Waals surface area contributed by atoms with Gasteiger partial charge in [-0.15, -0.1) is 0 Å². The maximum absolute atomic E-state index is 12.6. The van der Waals surface area contributed by atoms with Gasteiger partial charge < -0.3 is 20.7 Å². The number of nitrogens with one attached hydrogen (secondary N) is 1. The van der Waals surface area contributed by atoms with E-state index in [1.165, 1.54) is 0 Å². The van der Waals surface area contributed by atoms with Gasteiger partial charge in [0.05, 0.1) is 5.54 Å². The lowest BCUT2D eigenvalue weighted by atomic mass is 9.87. The molecule has 102 valence electrons. The summed E-state index contributed by atoms with van der Waals surface area (Å²) in [4.78, 5) is 26.1. The third kappa shape index (κ3) is 2.10. The molecule has 0 spiro atoms. The molecule has 0 aromatic heterocycles. The molecule has 2 rings (SSSR count). The van der Waals surface area contributed by atoms with Crippen LogP contribution in [0.3, 0.4) is 0 Å². The topological polar surface area (TPSA) is 84.7 Å². The number of hydrogen-bond donors (Lipinski definition) is 2. The quantitative estimate of drug-likeness (QED) is 0.644. The molecule has 2 fully saturated rings. The van der Waals surface area contributed by atoms with Crippen molar-refractivity contribution in [2.24, 2.45) is 5.73 Å². The van der Waals surface area contributed by atoms with E-state index in [1.807, 2.05) is 0 Å². The summed E-state index contributed by atoms with van der Waals surface area (Å²) in [5, 5.41) is 2.77. The van der Waals surface area contributed by atoms with Crippen LogP contribution in [0.1, 0.15) is 26.7 Å². The zero-order chi connectivity index (χ0) is 13.4. The van der Waals surface area contributed by atoms with Crippen LogP contribution in [-0.2, 0) is 14.3 Å². The van der Waals surface area contributed by atoms with E-state index in [9.17, 15) is 9.59 Å². The fraction of sp³-hybridized carbons (Fsp3) is 0.833. The van der Waals surface area contributed by atoms with Crippen LogP contribution in [0.2, 0.25) is 0 Å². The van der Waals surface area contributed by atoms with Crippen molar-refractivity contribution in [1.82, 2.24) is 10.2 Å². The van der Waals surface area contributed by atoms with Crippen LogP contribution >= 0.6 is 0 Å². The number of hydrogen-bond acceptors (Lipinski definition) is 4. The first-order chi connectivity index (χ1) is 8.38. The van der Waals surface area contributed by atoms with Gasteiger partial charge in [0.25, 0.3) is 0 Å². The number of nitrogens with zero attached hydrogens (tertiary/aromatic N) is 1. The van der Waals surface area contributed by atoms with Crippen LogP contribution < -0.4 is 11.1 Å². The molecule has 0 saturated carbocycles. The summed E-state index contributed by atoms with van der Waals surface area (Å²) in [7, 11) is 0. The van der Waals surface area contributed by atoms with E-state index in [-0.39, 0.29) is 11.8 Å². The molecular formula is C12H21N3O3.